The maximum absolute atomic E-state index is 11.6. The predicted molar refractivity (Wildman–Crippen MR) is 62.3 cm³/mol. The number of hydrogen-bond donors (Lipinski definition) is 1. The molecule has 1 amide bonds. The van der Waals surface area contributed by atoms with Crippen LogP contribution in [0.25, 0.3) is 0 Å². The van der Waals surface area contributed by atoms with Crippen molar-refractivity contribution < 1.29 is 14.3 Å². The Morgan fingerprint density at radius 2 is 1.94 bits per heavy atom. The number of ether oxygens (including phenoxy) is 1. The van der Waals surface area contributed by atoms with E-state index in [1.807, 2.05) is 0 Å². The first-order chi connectivity index (χ1) is 7.20. The molecule has 2 N–H and O–H groups in total. The Balaban J connectivity index is 0.00000225. The Morgan fingerprint density at radius 1 is 1.38 bits per heavy atom. The van der Waals surface area contributed by atoms with E-state index in [0.717, 1.165) is 25.7 Å². The standard InChI is InChI=1S/C10H18N2O3.ClH/c1-15-10(14)9(13)12(7-6-11)8-4-2-3-5-8;/h8H,2-7,11H2,1H3;1H. The fraction of sp³-hybridized carbons (Fsp3) is 0.800. The van der Waals surface area contributed by atoms with Gasteiger partial charge in [-0.1, -0.05) is 12.8 Å². The highest BCUT2D eigenvalue weighted by Crippen LogP contribution is 2.23. The zero-order valence-electron chi connectivity index (χ0n) is 9.48. The lowest BCUT2D eigenvalue weighted by Crippen LogP contribution is -2.45. The van der Waals surface area contributed by atoms with Crippen molar-refractivity contribution in [3.63, 3.8) is 0 Å². The fourth-order valence-electron chi connectivity index (χ4n) is 2.01. The molecule has 0 aliphatic heterocycles. The van der Waals surface area contributed by atoms with Crippen LogP contribution < -0.4 is 5.73 Å². The number of esters is 1. The summed E-state index contributed by atoms with van der Waals surface area (Å²) in [6.45, 7) is 0.803. The lowest BCUT2D eigenvalue weighted by molar-refractivity contribution is -0.159. The first kappa shape index (κ1) is 15.2. The molecule has 0 bridgehead atoms. The second-order valence-corrected chi connectivity index (χ2v) is 3.72. The van der Waals surface area contributed by atoms with Crippen LogP contribution in [-0.4, -0.2) is 43.0 Å². The van der Waals surface area contributed by atoms with Crippen LogP contribution in [0.2, 0.25) is 0 Å². The van der Waals surface area contributed by atoms with Crippen LogP contribution in [0, 0.1) is 0 Å². The van der Waals surface area contributed by atoms with E-state index in [1.165, 1.54) is 7.11 Å². The van der Waals surface area contributed by atoms with Crippen molar-refractivity contribution in [2.75, 3.05) is 20.2 Å². The summed E-state index contributed by atoms with van der Waals surface area (Å²) in [6.07, 6.45) is 4.14. The number of nitrogens with two attached hydrogens (primary N) is 1. The average molecular weight is 251 g/mol. The largest absolute Gasteiger partial charge is 0.462 e. The van der Waals surface area contributed by atoms with Crippen molar-refractivity contribution in [2.24, 2.45) is 5.73 Å². The van der Waals surface area contributed by atoms with Crippen LogP contribution >= 0.6 is 12.4 Å². The van der Waals surface area contributed by atoms with Crippen molar-refractivity contribution in [3.05, 3.63) is 0 Å². The van der Waals surface area contributed by atoms with Gasteiger partial charge < -0.3 is 15.4 Å². The van der Waals surface area contributed by atoms with Crippen LogP contribution in [0.15, 0.2) is 0 Å². The normalized spacial score (nSPS) is 15.4. The van der Waals surface area contributed by atoms with Crippen LogP contribution in [0.1, 0.15) is 25.7 Å². The Hall–Kier alpha value is -0.810. The number of carbonyl (C=O) groups excluding carboxylic acids is 2. The number of rotatable bonds is 3. The van der Waals surface area contributed by atoms with Crippen molar-refractivity contribution in [1.82, 2.24) is 4.90 Å². The molecule has 0 radical (unpaired) electrons. The molecule has 1 fully saturated rings. The van der Waals surface area contributed by atoms with Crippen LogP contribution in [0.3, 0.4) is 0 Å². The summed E-state index contributed by atoms with van der Waals surface area (Å²) in [5, 5.41) is 0. The zero-order chi connectivity index (χ0) is 11.3. The molecular formula is C10H19ClN2O3. The van der Waals surface area contributed by atoms with E-state index in [4.69, 9.17) is 5.73 Å². The molecular weight excluding hydrogens is 232 g/mol. The summed E-state index contributed by atoms with van der Waals surface area (Å²) in [5.41, 5.74) is 5.43. The van der Waals surface area contributed by atoms with Crippen molar-refractivity contribution in [2.45, 2.75) is 31.7 Å². The van der Waals surface area contributed by atoms with Gasteiger partial charge >= 0.3 is 11.9 Å². The van der Waals surface area contributed by atoms with Gasteiger partial charge in [-0.05, 0) is 12.8 Å². The van der Waals surface area contributed by atoms with Crippen molar-refractivity contribution in [1.29, 1.82) is 0 Å². The summed E-state index contributed by atoms with van der Waals surface area (Å²) in [7, 11) is 1.22. The lowest BCUT2D eigenvalue weighted by Gasteiger charge is -2.27. The lowest BCUT2D eigenvalue weighted by atomic mass is 10.2. The fourth-order valence-corrected chi connectivity index (χ4v) is 2.01. The Morgan fingerprint density at radius 3 is 2.38 bits per heavy atom. The van der Waals surface area contributed by atoms with Gasteiger partial charge in [0.25, 0.3) is 0 Å². The third-order valence-corrected chi connectivity index (χ3v) is 2.76. The minimum atomic E-state index is -0.796. The molecule has 0 aromatic rings. The molecule has 0 unspecified atom stereocenters. The molecule has 0 saturated heterocycles. The highest BCUT2D eigenvalue weighted by Gasteiger charge is 2.30. The van der Waals surface area contributed by atoms with Gasteiger partial charge in [0.2, 0.25) is 0 Å². The SMILES string of the molecule is COC(=O)C(=O)N(CCN)C1CCCC1.Cl. The topological polar surface area (TPSA) is 72.6 Å². The monoisotopic (exact) mass is 250 g/mol. The van der Waals surface area contributed by atoms with Gasteiger partial charge in [-0.15, -0.1) is 12.4 Å². The van der Waals surface area contributed by atoms with E-state index in [2.05, 4.69) is 4.74 Å². The molecule has 94 valence electrons. The van der Waals surface area contributed by atoms with Gasteiger partial charge in [-0.25, -0.2) is 4.79 Å². The van der Waals surface area contributed by atoms with Gasteiger partial charge in [0.15, 0.2) is 0 Å². The Kier molecular flexibility index (Phi) is 7.08. The molecule has 5 nitrogen and oxygen atoms in total. The molecule has 0 aromatic heterocycles. The molecule has 1 rings (SSSR count). The Bertz CT molecular complexity index is 242. The average Bonchev–Trinajstić information content (AvgIpc) is 2.77. The number of hydrogen-bond acceptors (Lipinski definition) is 4. The quantitative estimate of drug-likeness (QED) is 0.578. The predicted octanol–water partition coefficient (Wildman–Crippen LogP) is 0.311. The molecule has 0 spiro atoms. The number of halogens is 1. The number of nitrogens with zero attached hydrogens (tertiary/aromatic N) is 1. The van der Waals surface area contributed by atoms with E-state index < -0.39 is 11.9 Å². The molecule has 16 heavy (non-hydrogen) atoms. The molecule has 1 aliphatic rings. The number of carbonyl (C=O) groups is 2. The van der Waals surface area contributed by atoms with Crippen molar-refractivity contribution >= 4 is 24.3 Å². The number of methoxy groups -OCH3 is 1. The van der Waals surface area contributed by atoms with E-state index in [9.17, 15) is 9.59 Å². The third-order valence-electron chi connectivity index (χ3n) is 2.76. The Labute approximate surface area is 102 Å². The first-order valence-electron chi connectivity index (χ1n) is 5.29. The molecule has 1 aliphatic carbocycles. The third kappa shape index (κ3) is 3.64. The highest BCUT2D eigenvalue weighted by atomic mass is 35.5. The minimum Gasteiger partial charge on any atom is -0.462 e. The maximum atomic E-state index is 11.6. The number of amides is 1. The molecule has 1 saturated carbocycles. The molecule has 0 atom stereocenters. The van der Waals surface area contributed by atoms with E-state index in [1.54, 1.807) is 4.90 Å². The van der Waals surface area contributed by atoms with Gasteiger partial charge in [0.05, 0.1) is 7.11 Å². The second kappa shape index (κ2) is 7.46. The molecule has 0 aromatic carbocycles. The van der Waals surface area contributed by atoms with Crippen molar-refractivity contribution in [3.8, 4) is 0 Å². The summed E-state index contributed by atoms with van der Waals surface area (Å²) in [4.78, 5) is 24.3. The maximum Gasteiger partial charge on any atom is 0.396 e. The van der Waals surface area contributed by atoms with Gasteiger partial charge in [0.1, 0.15) is 0 Å². The minimum absolute atomic E-state index is 0. The molecule has 6 heteroatoms. The molecule has 0 heterocycles. The summed E-state index contributed by atoms with van der Waals surface area (Å²) >= 11 is 0. The smallest absolute Gasteiger partial charge is 0.396 e. The highest BCUT2D eigenvalue weighted by molar-refractivity contribution is 6.32. The van der Waals surface area contributed by atoms with Gasteiger partial charge in [-0.3, -0.25) is 4.79 Å². The van der Waals surface area contributed by atoms with Crippen LogP contribution in [0.5, 0.6) is 0 Å². The van der Waals surface area contributed by atoms with E-state index >= 15 is 0 Å². The van der Waals surface area contributed by atoms with E-state index in [-0.39, 0.29) is 18.4 Å². The summed E-state index contributed by atoms with van der Waals surface area (Å²) in [5.74, 6) is -1.36. The summed E-state index contributed by atoms with van der Waals surface area (Å²) < 4.78 is 4.43. The van der Waals surface area contributed by atoms with Crippen LogP contribution in [-0.2, 0) is 14.3 Å². The zero-order valence-corrected chi connectivity index (χ0v) is 10.3. The van der Waals surface area contributed by atoms with Gasteiger partial charge in [0, 0.05) is 19.1 Å². The summed E-state index contributed by atoms with van der Waals surface area (Å²) in [6, 6.07) is 0.167. The van der Waals surface area contributed by atoms with E-state index in [0.29, 0.717) is 13.1 Å². The first-order valence-corrected chi connectivity index (χ1v) is 5.29. The van der Waals surface area contributed by atoms with Gasteiger partial charge in [-0.2, -0.15) is 0 Å². The second-order valence-electron chi connectivity index (χ2n) is 3.72. The van der Waals surface area contributed by atoms with Crippen LogP contribution in [0.4, 0.5) is 0 Å².